The number of imidazole rings is 1. The lowest BCUT2D eigenvalue weighted by Crippen LogP contribution is -2.36. The number of fused-ring (bicyclic) bond motifs is 3. The predicted octanol–water partition coefficient (Wildman–Crippen LogP) is 7.36. The number of aldehydes is 1. The number of aromatic nitrogens is 3. The molecule has 246 valence electrons. The number of pyridine rings is 1. The van der Waals surface area contributed by atoms with E-state index in [2.05, 4.69) is 15.3 Å². The molecule has 0 spiro atoms. The quantitative estimate of drug-likeness (QED) is 0.134. The van der Waals surface area contributed by atoms with Gasteiger partial charge in [0.2, 0.25) is 0 Å². The molecule has 0 bridgehead atoms. The maximum absolute atomic E-state index is 13.8. The summed E-state index contributed by atoms with van der Waals surface area (Å²) in [6.07, 6.45) is -6.64. The van der Waals surface area contributed by atoms with Crippen molar-refractivity contribution < 1.29 is 46.9 Å². The predicted molar refractivity (Wildman–Crippen MR) is 163 cm³/mol. The Morgan fingerprint density at radius 1 is 1.02 bits per heavy atom. The Morgan fingerprint density at radius 2 is 1.74 bits per heavy atom. The lowest BCUT2D eigenvalue weighted by Gasteiger charge is -2.28. The molecule has 14 heteroatoms. The van der Waals surface area contributed by atoms with Gasteiger partial charge in [0, 0.05) is 17.6 Å². The van der Waals surface area contributed by atoms with E-state index in [1.165, 1.54) is 6.07 Å². The molecule has 46 heavy (non-hydrogen) atoms. The molecule has 0 saturated carbocycles. The smallest absolute Gasteiger partial charge is 0.465 e. The highest BCUT2D eigenvalue weighted by Crippen LogP contribution is 2.36. The first-order chi connectivity index (χ1) is 21.4. The Kier molecular flexibility index (Phi) is 9.62. The number of alkyl halides is 3. The molecule has 0 unspecified atom stereocenters. The van der Waals surface area contributed by atoms with Crippen LogP contribution in [0.4, 0.5) is 28.6 Å². The van der Waals surface area contributed by atoms with Crippen molar-refractivity contribution in [1.29, 1.82) is 0 Å². The van der Waals surface area contributed by atoms with Crippen molar-refractivity contribution >= 4 is 46.3 Å². The molecule has 1 amide bonds. The molecule has 2 aromatic carbocycles. The number of halogens is 3. The minimum absolute atomic E-state index is 0.0348. The largest absolute Gasteiger partial charge is 0.509 e. The number of nitrogens with zero attached hydrogens (tertiary/aromatic N) is 3. The van der Waals surface area contributed by atoms with Crippen LogP contribution in [0, 0.1) is 0 Å². The second-order valence-corrected chi connectivity index (χ2v) is 12.2. The molecular formula is C32H35F3N4O7. The molecular weight excluding hydrogens is 609 g/mol. The zero-order valence-corrected chi connectivity index (χ0v) is 26.2. The van der Waals surface area contributed by atoms with E-state index in [0.717, 1.165) is 12.1 Å². The number of hydrogen-bond donors (Lipinski definition) is 2. The van der Waals surface area contributed by atoms with E-state index in [-0.39, 0.29) is 47.6 Å². The maximum atomic E-state index is 13.8. The van der Waals surface area contributed by atoms with Gasteiger partial charge in [-0.3, -0.25) is 10.1 Å². The second-order valence-electron chi connectivity index (χ2n) is 12.2. The number of nitrogens with one attached hydrogen (secondary N) is 1. The molecule has 0 aliphatic carbocycles. The van der Waals surface area contributed by atoms with Crippen molar-refractivity contribution in [1.82, 2.24) is 14.5 Å². The molecule has 4 aromatic rings. The van der Waals surface area contributed by atoms with Gasteiger partial charge in [-0.2, -0.15) is 13.2 Å². The van der Waals surface area contributed by atoms with Crippen molar-refractivity contribution in [2.24, 2.45) is 0 Å². The Bertz CT molecular complexity index is 1790. The van der Waals surface area contributed by atoms with E-state index in [1.54, 1.807) is 64.3 Å². The maximum Gasteiger partial charge on any atom is 0.509 e. The zero-order chi connectivity index (χ0) is 34.0. The third kappa shape index (κ3) is 8.10. The van der Waals surface area contributed by atoms with Crippen molar-refractivity contribution in [3.63, 3.8) is 0 Å². The molecule has 2 N–H and O–H groups in total. The summed E-state index contributed by atoms with van der Waals surface area (Å²) in [6, 6.07) is 8.01. The number of carbonyl (C=O) groups excluding carboxylic acids is 2. The molecule has 2 aromatic heterocycles. The average Bonchev–Trinajstić information content (AvgIpc) is 3.27. The summed E-state index contributed by atoms with van der Waals surface area (Å²) in [4.78, 5) is 44.8. The van der Waals surface area contributed by atoms with Crippen molar-refractivity contribution in [3.8, 4) is 0 Å². The number of rotatable bonds is 10. The van der Waals surface area contributed by atoms with Crippen LogP contribution >= 0.6 is 0 Å². The summed E-state index contributed by atoms with van der Waals surface area (Å²) in [7, 11) is 0. The average molecular weight is 645 g/mol. The summed E-state index contributed by atoms with van der Waals surface area (Å²) >= 11 is 0. The number of carbonyl (C=O) groups is 3. The lowest BCUT2D eigenvalue weighted by molar-refractivity contribution is -0.138. The van der Waals surface area contributed by atoms with E-state index < -0.39 is 35.2 Å². The molecule has 4 rings (SSSR count). The minimum atomic E-state index is -4.64. The van der Waals surface area contributed by atoms with Crippen LogP contribution < -0.4 is 5.32 Å². The Hall–Kier alpha value is -4.72. The third-order valence-electron chi connectivity index (χ3n) is 6.73. The summed E-state index contributed by atoms with van der Waals surface area (Å²) in [5, 5.41) is 12.4. The van der Waals surface area contributed by atoms with Crippen LogP contribution in [0.5, 0.6) is 0 Å². The molecule has 11 nitrogen and oxygen atoms in total. The van der Waals surface area contributed by atoms with Crippen LogP contribution in [0.2, 0.25) is 0 Å². The number of amides is 1. The van der Waals surface area contributed by atoms with Gasteiger partial charge < -0.3 is 23.9 Å². The first kappa shape index (κ1) is 34.2. The van der Waals surface area contributed by atoms with Gasteiger partial charge >= 0.3 is 18.4 Å². The number of anilines is 1. The van der Waals surface area contributed by atoms with Crippen LogP contribution in [0.25, 0.3) is 21.9 Å². The Balaban J connectivity index is 1.89. The summed E-state index contributed by atoms with van der Waals surface area (Å²) < 4.78 is 59.7. The van der Waals surface area contributed by atoms with Crippen LogP contribution in [0.1, 0.15) is 74.4 Å². The fourth-order valence-corrected chi connectivity index (χ4v) is 4.99. The van der Waals surface area contributed by atoms with Crippen molar-refractivity contribution in [2.75, 3.05) is 11.9 Å². The molecule has 0 radical (unpaired) electrons. The SMILES string of the molecule is CCOCc1nc2c(NC(=O)O)nc3cc(Cc4cc(C=O)ccc4C(F)(F)F)ccc3c2n1CC(C)(C)OC(=O)OC(C)(C)C. The van der Waals surface area contributed by atoms with Gasteiger partial charge in [-0.1, -0.05) is 18.2 Å². The highest BCUT2D eigenvalue weighted by molar-refractivity contribution is 6.09. The standard InChI is InChI=1S/C32H35F3N4O7/c1-7-44-16-24-37-25-26(39(24)17-31(5,6)46-29(43)45-30(2,3)4)21-10-8-18(14-23(21)36-27(25)38-28(41)42)12-20-13-19(15-40)9-11-22(20)32(33,34)35/h8-11,13-15H,7,12,16-17H2,1-6H3,(H,36,38)(H,41,42). The molecule has 0 atom stereocenters. The van der Waals surface area contributed by atoms with E-state index in [0.29, 0.717) is 35.2 Å². The number of carboxylic acid groups (broad SMARTS) is 1. The Labute approximate surface area is 262 Å². The van der Waals surface area contributed by atoms with Crippen molar-refractivity contribution in [3.05, 3.63) is 64.5 Å². The van der Waals surface area contributed by atoms with Crippen LogP contribution in [0.15, 0.2) is 36.4 Å². The fourth-order valence-electron chi connectivity index (χ4n) is 4.99. The second kappa shape index (κ2) is 12.9. The van der Waals surface area contributed by atoms with Gasteiger partial charge in [-0.25, -0.2) is 19.6 Å². The monoisotopic (exact) mass is 644 g/mol. The van der Waals surface area contributed by atoms with Crippen LogP contribution in [0.3, 0.4) is 0 Å². The Morgan fingerprint density at radius 3 is 2.35 bits per heavy atom. The normalized spacial score (nSPS) is 12.4. The van der Waals surface area contributed by atoms with Gasteiger partial charge in [-0.15, -0.1) is 0 Å². The number of benzene rings is 2. The first-order valence-corrected chi connectivity index (χ1v) is 14.4. The van der Waals surface area contributed by atoms with Gasteiger partial charge in [0.05, 0.1) is 23.1 Å². The van der Waals surface area contributed by atoms with E-state index in [9.17, 15) is 32.7 Å². The summed E-state index contributed by atoms with van der Waals surface area (Å²) in [6.45, 7) is 10.7. The van der Waals surface area contributed by atoms with E-state index in [1.807, 2.05) is 0 Å². The van der Waals surface area contributed by atoms with Crippen LogP contribution in [-0.2, 0) is 40.0 Å². The molecule has 0 aliphatic heterocycles. The zero-order valence-electron chi connectivity index (χ0n) is 26.2. The van der Waals surface area contributed by atoms with Crippen molar-refractivity contribution in [2.45, 2.75) is 78.5 Å². The fraction of sp³-hybridized carbons (Fsp3) is 0.406. The summed E-state index contributed by atoms with van der Waals surface area (Å²) in [5.41, 5.74) is -1.48. The van der Waals surface area contributed by atoms with E-state index in [4.69, 9.17) is 14.2 Å². The number of ether oxygens (including phenoxy) is 3. The molecule has 0 aliphatic rings. The minimum Gasteiger partial charge on any atom is -0.465 e. The molecule has 0 saturated heterocycles. The van der Waals surface area contributed by atoms with Crippen LogP contribution in [-0.4, -0.2) is 56.0 Å². The summed E-state index contributed by atoms with van der Waals surface area (Å²) in [5.74, 6) is 0.290. The highest BCUT2D eigenvalue weighted by Gasteiger charge is 2.34. The highest BCUT2D eigenvalue weighted by atomic mass is 19.4. The van der Waals surface area contributed by atoms with Gasteiger partial charge in [0.15, 0.2) is 5.82 Å². The van der Waals surface area contributed by atoms with Gasteiger partial charge in [-0.05, 0) is 77.3 Å². The topological polar surface area (TPSA) is 142 Å². The third-order valence-corrected chi connectivity index (χ3v) is 6.73. The lowest BCUT2D eigenvalue weighted by atomic mass is 9.96. The van der Waals surface area contributed by atoms with Gasteiger partial charge in [0.25, 0.3) is 0 Å². The molecule has 2 heterocycles. The van der Waals surface area contributed by atoms with E-state index >= 15 is 0 Å². The van der Waals surface area contributed by atoms with Gasteiger partial charge in [0.1, 0.15) is 35.4 Å². The number of hydrogen-bond acceptors (Lipinski definition) is 8. The first-order valence-electron chi connectivity index (χ1n) is 14.4. The molecule has 0 fully saturated rings.